The summed E-state index contributed by atoms with van der Waals surface area (Å²) in [6.07, 6.45) is 10.2. The van der Waals surface area contributed by atoms with Crippen LogP contribution in [0, 0.1) is 11.7 Å². The van der Waals surface area contributed by atoms with Crippen LogP contribution >= 0.6 is 0 Å². The van der Waals surface area contributed by atoms with Crippen LogP contribution in [0.2, 0.25) is 0 Å². The predicted molar refractivity (Wildman–Crippen MR) is 118 cm³/mol. The fraction of sp³-hybridized carbons (Fsp3) is 0.522. The molecule has 1 aromatic carbocycles. The molecule has 2 heterocycles. The number of carbonyl (C=O) groups excluding carboxylic acids is 1. The Morgan fingerprint density at radius 3 is 2.84 bits per heavy atom. The van der Waals surface area contributed by atoms with Crippen LogP contribution in [-0.4, -0.2) is 52.0 Å². The minimum atomic E-state index is -0.305. The lowest BCUT2D eigenvalue weighted by Gasteiger charge is -2.21. The van der Waals surface area contributed by atoms with Crippen molar-refractivity contribution in [3.05, 3.63) is 48.3 Å². The Kier molecular flexibility index (Phi) is 6.84. The highest BCUT2D eigenvalue weighted by molar-refractivity contribution is 5.81. The second-order valence-electron chi connectivity index (χ2n) is 8.35. The fourth-order valence-corrected chi connectivity index (χ4v) is 4.45. The van der Waals surface area contributed by atoms with Crippen LogP contribution in [0.25, 0.3) is 5.69 Å². The van der Waals surface area contributed by atoms with Gasteiger partial charge in [0.05, 0.1) is 18.6 Å². The van der Waals surface area contributed by atoms with Crippen molar-refractivity contribution in [2.75, 3.05) is 19.6 Å². The van der Waals surface area contributed by atoms with E-state index in [1.54, 1.807) is 29.4 Å². The first-order valence-corrected chi connectivity index (χ1v) is 11.2. The first kappa shape index (κ1) is 21.3. The number of halogens is 1. The molecule has 1 unspecified atom stereocenters. The highest BCUT2D eigenvalue weighted by Crippen LogP contribution is 2.27. The van der Waals surface area contributed by atoms with Gasteiger partial charge in [0.25, 0.3) is 0 Å². The highest BCUT2D eigenvalue weighted by atomic mass is 19.1. The summed E-state index contributed by atoms with van der Waals surface area (Å²) in [5, 5.41) is 6.71. The number of nitrogens with zero attached hydrogens (tertiary/aromatic N) is 4. The van der Waals surface area contributed by atoms with Crippen LogP contribution in [0.4, 0.5) is 4.39 Å². The van der Waals surface area contributed by atoms with Gasteiger partial charge in [-0.15, -0.1) is 0 Å². The largest absolute Gasteiger partial charge is 0.357 e. The van der Waals surface area contributed by atoms with Gasteiger partial charge in [0.1, 0.15) is 5.82 Å². The second-order valence-corrected chi connectivity index (χ2v) is 8.35. The smallest absolute Gasteiger partial charge is 0.225 e. The van der Waals surface area contributed by atoms with Gasteiger partial charge in [0.2, 0.25) is 5.91 Å². The third-order valence-corrected chi connectivity index (χ3v) is 6.10. The molecule has 1 saturated heterocycles. The minimum Gasteiger partial charge on any atom is -0.357 e. The number of aliphatic imine (C=N–C) groups is 1. The minimum absolute atomic E-state index is 0.184. The van der Waals surface area contributed by atoms with Gasteiger partial charge in [-0.2, -0.15) is 0 Å². The standard InChI is InChI=1S/C23H31FN6O/c1-2-26-23(28-19-9-11-29(15-19)22(31)18-5-3-4-6-18)27-14-17-7-8-21(20(24)13-17)30-12-10-25-16-30/h7-8,10,12-13,16,18-19H,2-6,9,11,14-15H2,1H3,(H2,26,27,28). The lowest BCUT2D eigenvalue weighted by molar-refractivity contribution is -0.134. The summed E-state index contributed by atoms with van der Waals surface area (Å²) in [6.45, 7) is 4.63. The number of likely N-dealkylation sites (tertiary alicyclic amines) is 1. The number of imidazole rings is 1. The Balaban J connectivity index is 1.35. The van der Waals surface area contributed by atoms with Crippen LogP contribution in [0.15, 0.2) is 41.9 Å². The van der Waals surface area contributed by atoms with E-state index in [1.165, 1.54) is 18.9 Å². The molecule has 31 heavy (non-hydrogen) atoms. The molecule has 1 amide bonds. The van der Waals surface area contributed by atoms with E-state index in [9.17, 15) is 9.18 Å². The van der Waals surface area contributed by atoms with E-state index in [-0.39, 0.29) is 17.8 Å². The molecule has 1 atom stereocenters. The number of benzene rings is 1. The highest BCUT2D eigenvalue weighted by Gasteiger charge is 2.32. The van der Waals surface area contributed by atoms with Gasteiger partial charge < -0.3 is 20.1 Å². The van der Waals surface area contributed by atoms with Crippen molar-refractivity contribution in [2.45, 2.75) is 51.6 Å². The number of carbonyl (C=O) groups is 1. The first-order valence-electron chi connectivity index (χ1n) is 11.2. The molecule has 0 bridgehead atoms. The molecule has 0 radical (unpaired) electrons. The van der Waals surface area contributed by atoms with Crippen molar-refractivity contribution < 1.29 is 9.18 Å². The Morgan fingerprint density at radius 1 is 1.29 bits per heavy atom. The number of hydrogen-bond donors (Lipinski definition) is 2. The summed E-state index contributed by atoms with van der Waals surface area (Å²) in [6, 6.07) is 5.32. The van der Waals surface area contributed by atoms with E-state index in [4.69, 9.17) is 0 Å². The van der Waals surface area contributed by atoms with E-state index in [2.05, 4.69) is 20.6 Å². The van der Waals surface area contributed by atoms with E-state index in [0.717, 1.165) is 37.9 Å². The van der Waals surface area contributed by atoms with Gasteiger partial charge in [-0.05, 0) is 43.9 Å². The number of rotatable bonds is 6. The maximum Gasteiger partial charge on any atom is 0.225 e. The average molecular weight is 427 g/mol. The van der Waals surface area contributed by atoms with Gasteiger partial charge in [0.15, 0.2) is 5.96 Å². The molecular formula is C23H31FN6O. The third-order valence-electron chi connectivity index (χ3n) is 6.10. The van der Waals surface area contributed by atoms with Crippen molar-refractivity contribution in [3.8, 4) is 5.69 Å². The number of nitrogens with one attached hydrogen (secondary N) is 2. The van der Waals surface area contributed by atoms with Gasteiger partial charge >= 0.3 is 0 Å². The van der Waals surface area contributed by atoms with Gasteiger partial charge in [-0.3, -0.25) is 4.79 Å². The lowest BCUT2D eigenvalue weighted by atomic mass is 10.1. The van der Waals surface area contributed by atoms with E-state index in [0.29, 0.717) is 30.6 Å². The second kappa shape index (κ2) is 9.94. The summed E-state index contributed by atoms with van der Waals surface area (Å²) in [4.78, 5) is 23.3. The van der Waals surface area contributed by atoms with Crippen molar-refractivity contribution in [1.82, 2.24) is 25.1 Å². The van der Waals surface area contributed by atoms with Crippen molar-refractivity contribution in [1.29, 1.82) is 0 Å². The summed E-state index contributed by atoms with van der Waals surface area (Å²) < 4.78 is 16.1. The molecule has 1 aliphatic carbocycles. The summed E-state index contributed by atoms with van der Waals surface area (Å²) in [7, 11) is 0. The van der Waals surface area contributed by atoms with Gasteiger partial charge in [-0.25, -0.2) is 14.4 Å². The van der Waals surface area contributed by atoms with E-state index in [1.807, 2.05) is 17.9 Å². The first-order chi connectivity index (χ1) is 15.1. The number of aromatic nitrogens is 2. The molecule has 1 aromatic heterocycles. The molecule has 1 saturated carbocycles. The van der Waals surface area contributed by atoms with Gasteiger partial charge in [-0.1, -0.05) is 18.9 Å². The van der Waals surface area contributed by atoms with Crippen LogP contribution in [0.3, 0.4) is 0 Å². The maximum atomic E-state index is 14.5. The lowest BCUT2D eigenvalue weighted by Crippen LogP contribution is -2.45. The van der Waals surface area contributed by atoms with Crippen LogP contribution < -0.4 is 10.6 Å². The normalized spacial score (nSPS) is 19.7. The molecule has 2 N–H and O–H groups in total. The molecule has 2 aromatic rings. The van der Waals surface area contributed by atoms with Crippen molar-refractivity contribution in [2.24, 2.45) is 10.9 Å². The zero-order valence-corrected chi connectivity index (χ0v) is 18.1. The number of amides is 1. The summed E-state index contributed by atoms with van der Waals surface area (Å²) >= 11 is 0. The monoisotopic (exact) mass is 426 g/mol. The Labute approximate surface area is 182 Å². The third kappa shape index (κ3) is 5.24. The molecule has 7 nitrogen and oxygen atoms in total. The SMILES string of the molecule is CCNC(=NCc1ccc(-n2ccnc2)c(F)c1)NC1CCN(C(=O)C2CCCC2)C1. The summed E-state index contributed by atoms with van der Waals surface area (Å²) in [5.41, 5.74) is 1.26. The zero-order chi connectivity index (χ0) is 21.6. The molecule has 4 rings (SSSR count). The van der Waals surface area contributed by atoms with Crippen LogP contribution in [0.5, 0.6) is 0 Å². The van der Waals surface area contributed by atoms with Crippen molar-refractivity contribution in [3.63, 3.8) is 0 Å². The predicted octanol–water partition coefficient (Wildman–Crippen LogP) is 2.86. The topological polar surface area (TPSA) is 74.6 Å². The Morgan fingerprint density at radius 2 is 2.13 bits per heavy atom. The zero-order valence-electron chi connectivity index (χ0n) is 18.1. The number of guanidine groups is 1. The maximum absolute atomic E-state index is 14.5. The Bertz CT molecular complexity index is 907. The van der Waals surface area contributed by atoms with E-state index < -0.39 is 0 Å². The fourth-order valence-electron chi connectivity index (χ4n) is 4.45. The van der Waals surface area contributed by atoms with Crippen molar-refractivity contribution >= 4 is 11.9 Å². The molecular weight excluding hydrogens is 395 g/mol. The molecule has 2 aliphatic rings. The average Bonchev–Trinajstić information content (AvgIpc) is 3.54. The van der Waals surface area contributed by atoms with Crippen LogP contribution in [0.1, 0.15) is 44.6 Å². The molecule has 1 aliphatic heterocycles. The molecule has 0 spiro atoms. The number of hydrogen-bond acceptors (Lipinski definition) is 3. The molecule has 166 valence electrons. The molecule has 2 fully saturated rings. The van der Waals surface area contributed by atoms with E-state index >= 15 is 0 Å². The molecule has 8 heteroatoms. The Hall–Kier alpha value is -2.90. The van der Waals surface area contributed by atoms with Crippen LogP contribution in [-0.2, 0) is 11.3 Å². The summed E-state index contributed by atoms with van der Waals surface area (Å²) in [5.74, 6) is 0.931. The quantitative estimate of drug-likeness (QED) is 0.550. The van der Waals surface area contributed by atoms with Gasteiger partial charge in [0, 0.05) is 44.0 Å².